The molecule has 0 aliphatic carbocycles. The molecule has 0 fully saturated rings. The molecule has 0 aromatic rings. The minimum absolute atomic E-state index is 0.0977. The van der Waals surface area contributed by atoms with Crippen molar-refractivity contribution < 1.29 is 0 Å². The second kappa shape index (κ2) is 3.74. The minimum Gasteiger partial charge on any atom is -0.402 e. The molecule has 0 saturated carbocycles. The molecule has 0 aliphatic rings. The van der Waals surface area contributed by atoms with Crippen LogP contribution in [0.4, 0.5) is 0 Å². The van der Waals surface area contributed by atoms with E-state index in [1.54, 1.807) is 6.08 Å². The Bertz CT molecular complexity index is 194. The topological polar surface area (TPSA) is 49.9 Å². The molecule has 2 heteroatoms. The molecule has 0 atom stereocenters. The van der Waals surface area contributed by atoms with E-state index < -0.39 is 0 Å². The third kappa shape index (κ3) is 3.56. The lowest BCUT2D eigenvalue weighted by Crippen LogP contribution is -2.19. The fourth-order valence-electron chi connectivity index (χ4n) is 0.550. The summed E-state index contributed by atoms with van der Waals surface area (Å²) >= 11 is 0. The average Bonchev–Trinajstić information content (AvgIpc) is 1.85. The number of hydrogen-bond donors (Lipinski definition) is 2. The zero-order chi connectivity index (χ0) is 9.94. The van der Waals surface area contributed by atoms with Gasteiger partial charge in [-0.1, -0.05) is 34.6 Å². The Morgan fingerprint density at radius 2 is 1.75 bits per heavy atom. The highest BCUT2D eigenvalue weighted by atomic mass is 14.6. The van der Waals surface area contributed by atoms with E-state index in [0.29, 0.717) is 11.6 Å². The second-order valence-electron chi connectivity index (χ2n) is 4.46. The number of nitrogens with one attached hydrogen (secondary N) is 1. The van der Waals surface area contributed by atoms with Crippen molar-refractivity contribution in [2.45, 2.75) is 34.6 Å². The Kier molecular flexibility index (Phi) is 3.50. The van der Waals surface area contributed by atoms with Crippen molar-refractivity contribution in [1.29, 1.82) is 5.41 Å². The lowest BCUT2D eigenvalue weighted by molar-refractivity contribution is 0.589. The normalized spacial score (nSPS) is 13.7. The average molecular weight is 168 g/mol. The van der Waals surface area contributed by atoms with Gasteiger partial charge in [-0.25, -0.2) is 0 Å². The van der Waals surface area contributed by atoms with Crippen LogP contribution in [0.3, 0.4) is 0 Å². The Hall–Kier alpha value is -0.790. The molecule has 0 unspecified atom stereocenters. The Labute approximate surface area is 75.4 Å². The summed E-state index contributed by atoms with van der Waals surface area (Å²) in [5, 5.41) is 7.71. The van der Waals surface area contributed by atoms with Crippen molar-refractivity contribution in [2.24, 2.45) is 17.1 Å². The summed E-state index contributed by atoms with van der Waals surface area (Å²) < 4.78 is 0. The van der Waals surface area contributed by atoms with Crippen molar-refractivity contribution in [1.82, 2.24) is 0 Å². The smallest absolute Gasteiger partial charge is 0.0384 e. The van der Waals surface area contributed by atoms with Crippen LogP contribution >= 0.6 is 0 Å². The van der Waals surface area contributed by atoms with E-state index >= 15 is 0 Å². The molecule has 0 aromatic heterocycles. The molecule has 2 nitrogen and oxygen atoms in total. The molecule has 70 valence electrons. The highest BCUT2D eigenvalue weighted by molar-refractivity contribution is 5.96. The van der Waals surface area contributed by atoms with Gasteiger partial charge in [0.2, 0.25) is 0 Å². The molecular weight excluding hydrogens is 148 g/mol. The van der Waals surface area contributed by atoms with Crippen LogP contribution in [0.15, 0.2) is 11.8 Å². The molecule has 0 spiro atoms. The van der Waals surface area contributed by atoms with Gasteiger partial charge in [-0.15, -0.1) is 0 Å². The first-order chi connectivity index (χ1) is 5.25. The number of nitrogens with two attached hydrogens (primary N) is 1. The molecule has 0 aromatic carbocycles. The summed E-state index contributed by atoms with van der Waals surface area (Å²) in [6.45, 7) is 10.1. The van der Waals surface area contributed by atoms with Gasteiger partial charge in [-0.2, -0.15) is 0 Å². The zero-order valence-electron chi connectivity index (χ0n) is 8.73. The van der Waals surface area contributed by atoms with Gasteiger partial charge in [0.1, 0.15) is 0 Å². The van der Waals surface area contributed by atoms with Crippen molar-refractivity contribution in [3.63, 3.8) is 0 Å². The van der Waals surface area contributed by atoms with Crippen molar-refractivity contribution in [3.05, 3.63) is 11.8 Å². The highest BCUT2D eigenvalue weighted by Gasteiger charge is 2.15. The summed E-state index contributed by atoms with van der Waals surface area (Å²) in [5.41, 5.74) is 7.02. The van der Waals surface area contributed by atoms with Gasteiger partial charge < -0.3 is 11.1 Å². The van der Waals surface area contributed by atoms with Crippen molar-refractivity contribution >= 4 is 5.71 Å². The van der Waals surface area contributed by atoms with E-state index in [4.69, 9.17) is 11.1 Å². The third-order valence-electron chi connectivity index (χ3n) is 1.79. The maximum Gasteiger partial charge on any atom is 0.0384 e. The van der Waals surface area contributed by atoms with Crippen LogP contribution in [0.1, 0.15) is 34.6 Å². The fraction of sp³-hybridized carbons (Fsp3) is 0.700. The fourth-order valence-corrected chi connectivity index (χ4v) is 0.550. The quantitative estimate of drug-likeness (QED) is 0.612. The Balaban J connectivity index is 4.46. The lowest BCUT2D eigenvalue weighted by Gasteiger charge is -2.18. The maximum absolute atomic E-state index is 7.71. The molecule has 0 rings (SSSR count). The molecule has 12 heavy (non-hydrogen) atoms. The largest absolute Gasteiger partial charge is 0.402 e. The summed E-state index contributed by atoms with van der Waals surface area (Å²) in [6, 6.07) is 0. The van der Waals surface area contributed by atoms with Crippen LogP contribution in [0.2, 0.25) is 0 Å². The molecule has 0 heterocycles. The van der Waals surface area contributed by atoms with Crippen LogP contribution in [-0.2, 0) is 0 Å². The second-order valence-corrected chi connectivity index (χ2v) is 4.46. The third-order valence-corrected chi connectivity index (χ3v) is 1.79. The van der Waals surface area contributed by atoms with E-state index in [-0.39, 0.29) is 5.41 Å². The molecule has 0 amide bonds. The summed E-state index contributed by atoms with van der Waals surface area (Å²) in [6.07, 6.45) is 1.77. The van der Waals surface area contributed by atoms with Gasteiger partial charge in [-0.3, -0.25) is 0 Å². The van der Waals surface area contributed by atoms with Crippen molar-refractivity contribution in [3.8, 4) is 0 Å². The van der Waals surface area contributed by atoms with Gasteiger partial charge in [0.15, 0.2) is 0 Å². The maximum atomic E-state index is 7.71. The SMILES string of the molecule is CC(C)/C(N)=C/C(=N)C(C)(C)C. The van der Waals surface area contributed by atoms with E-state index in [9.17, 15) is 0 Å². The number of allylic oxidation sites excluding steroid dienone is 2. The highest BCUT2D eigenvalue weighted by Crippen LogP contribution is 2.17. The van der Waals surface area contributed by atoms with Crippen LogP contribution in [0.25, 0.3) is 0 Å². The van der Waals surface area contributed by atoms with Gasteiger partial charge in [0.05, 0.1) is 0 Å². The van der Waals surface area contributed by atoms with Gasteiger partial charge in [0, 0.05) is 16.8 Å². The van der Waals surface area contributed by atoms with Crippen LogP contribution in [0.5, 0.6) is 0 Å². The number of hydrogen-bond acceptors (Lipinski definition) is 2. The first-order valence-electron chi connectivity index (χ1n) is 4.31. The summed E-state index contributed by atoms with van der Waals surface area (Å²) in [4.78, 5) is 0. The summed E-state index contributed by atoms with van der Waals surface area (Å²) in [5.74, 6) is 0.327. The van der Waals surface area contributed by atoms with E-state index in [2.05, 4.69) is 0 Å². The van der Waals surface area contributed by atoms with E-state index in [1.807, 2.05) is 34.6 Å². The van der Waals surface area contributed by atoms with Gasteiger partial charge in [-0.05, 0) is 12.0 Å². The predicted octanol–water partition coefficient (Wildman–Crippen LogP) is 2.55. The minimum atomic E-state index is -0.0977. The monoisotopic (exact) mass is 168 g/mol. The molecule has 0 aliphatic heterocycles. The molecular formula is C10H20N2. The van der Waals surface area contributed by atoms with Gasteiger partial charge >= 0.3 is 0 Å². The molecule has 0 saturated heterocycles. The van der Waals surface area contributed by atoms with Crippen LogP contribution in [-0.4, -0.2) is 5.71 Å². The van der Waals surface area contributed by atoms with Crippen LogP contribution < -0.4 is 5.73 Å². The van der Waals surface area contributed by atoms with E-state index in [0.717, 1.165) is 5.70 Å². The Morgan fingerprint density at radius 3 is 2.00 bits per heavy atom. The molecule has 0 radical (unpaired) electrons. The Morgan fingerprint density at radius 1 is 1.33 bits per heavy atom. The summed E-state index contributed by atoms with van der Waals surface area (Å²) in [7, 11) is 0. The van der Waals surface area contributed by atoms with E-state index in [1.165, 1.54) is 0 Å². The lowest BCUT2D eigenvalue weighted by atomic mass is 9.89. The predicted molar refractivity (Wildman–Crippen MR) is 54.3 cm³/mol. The number of rotatable bonds is 2. The first-order valence-corrected chi connectivity index (χ1v) is 4.31. The van der Waals surface area contributed by atoms with Crippen LogP contribution in [0, 0.1) is 16.7 Å². The zero-order valence-corrected chi connectivity index (χ0v) is 8.73. The molecule has 0 bridgehead atoms. The van der Waals surface area contributed by atoms with Crippen molar-refractivity contribution in [2.75, 3.05) is 0 Å². The standard InChI is InChI=1S/C10H20N2/c1-7(2)8(11)6-9(12)10(3,4)5/h6-7,12H,11H2,1-5H3/b8-6-,12-9?. The van der Waals surface area contributed by atoms with Gasteiger partial charge in [0.25, 0.3) is 0 Å². The first kappa shape index (κ1) is 11.2. The molecule has 3 N–H and O–H groups in total.